The summed E-state index contributed by atoms with van der Waals surface area (Å²) in [5, 5.41) is 1.95. The zero-order valence-corrected chi connectivity index (χ0v) is 13.8. The molecule has 3 aliphatic heterocycles. The molecule has 1 unspecified atom stereocenters. The summed E-state index contributed by atoms with van der Waals surface area (Å²) in [6, 6.07) is 3.85. The quantitative estimate of drug-likeness (QED) is 0.793. The first-order valence-electron chi connectivity index (χ1n) is 8.26. The van der Waals surface area contributed by atoms with Crippen LogP contribution in [0.1, 0.15) is 30.6 Å². The van der Waals surface area contributed by atoms with Gasteiger partial charge in [0.05, 0.1) is 18.2 Å². The number of hydrogen-bond acceptors (Lipinski definition) is 5. The number of likely N-dealkylation sites (tertiary alicyclic amines) is 1. The summed E-state index contributed by atoms with van der Waals surface area (Å²) in [4.78, 5) is 30.3. The molecule has 0 aromatic carbocycles. The molecular weight excluding hydrogens is 312 g/mol. The normalized spacial score (nSPS) is 25.3. The minimum Gasteiger partial charge on any atom is -0.376 e. The van der Waals surface area contributed by atoms with Crippen molar-refractivity contribution < 1.29 is 14.3 Å². The molecule has 5 nitrogen and oxygen atoms in total. The average Bonchev–Trinajstić information content (AvgIpc) is 3.32. The van der Waals surface area contributed by atoms with Crippen LogP contribution >= 0.6 is 11.3 Å². The lowest BCUT2D eigenvalue weighted by Gasteiger charge is -2.21. The van der Waals surface area contributed by atoms with Crippen LogP contribution in [0.4, 0.5) is 0 Å². The highest BCUT2D eigenvalue weighted by Gasteiger charge is 2.43. The predicted octanol–water partition coefficient (Wildman–Crippen LogP) is 2.10. The second-order valence-corrected chi connectivity index (χ2v) is 7.20. The van der Waals surface area contributed by atoms with Gasteiger partial charge in [0.2, 0.25) is 0 Å². The van der Waals surface area contributed by atoms with Crippen LogP contribution in [0.2, 0.25) is 0 Å². The predicted molar refractivity (Wildman–Crippen MR) is 87.7 cm³/mol. The summed E-state index contributed by atoms with van der Waals surface area (Å²) in [5.74, 6) is -0.300. The molecule has 3 aliphatic rings. The van der Waals surface area contributed by atoms with Crippen molar-refractivity contribution in [1.29, 1.82) is 0 Å². The van der Waals surface area contributed by atoms with Crippen molar-refractivity contribution in [2.24, 2.45) is 0 Å². The van der Waals surface area contributed by atoms with Crippen molar-refractivity contribution in [3.8, 4) is 0 Å². The Kier molecular flexibility index (Phi) is 3.95. The fraction of sp³-hybridized carbons (Fsp3) is 0.529. The van der Waals surface area contributed by atoms with Gasteiger partial charge in [-0.05, 0) is 37.1 Å². The molecular formula is C17H20N2O3S. The Morgan fingerprint density at radius 2 is 2.00 bits per heavy atom. The first-order valence-corrected chi connectivity index (χ1v) is 9.14. The highest BCUT2D eigenvalue weighted by molar-refractivity contribution is 7.11. The van der Waals surface area contributed by atoms with Gasteiger partial charge in [-0.15, -0.1) is 11.3 Å². The van der Waals surface area contributed by atoms with Crippen LogP contribution in [-0.4, -0.2) is 54.0 Å². The minimum absolute atomic E-state index is 0.00888. The van der Waals surface area contributed by atoms with Crippen molar-refractivity contribution in [3.05, 3.63) is 28.1 Å². The van der Waals surface area contributed by atoms with Crippen molar-refractivity contribution >= 4 is 28.7 Å². The van der Waals surface area contributed by atoms with E-state index in [0.29, 0.717) is 17.8 Å². The zero-order chi connectivity index (χ0) is 15.8. The molecule has 0 radical (unpaired) electrons. The maximum atomic E-state index is 13.0. The van der Waals surface area contributed by atoms with E-state index in [-0.39, 0.29) is 17.9 Å². The highest BCUT2D eigenvalue weighted by atomic mass is 32.1. The number of thiophene rings is 1. The third-order valence-electron chi connectivity index (χ3n) is 4.74. The van der Waals surface area contributed by atoms with Gasteiger partial charge in [0.15, 0.2) is 0 Å². The maximum Gasteiger partial charge on any atom is 0.277 e. The molecule has 1 aromatic heterocycles. The number of hydrogen-bond donors (Lipinski definition) is 0. The second-order valence-electron chi connectivity index (χ2n) is 6.25. The minimum atomic E-state index is -0.158. The molecule has 122 valence electrons. The van der Waals surface area contributed by atoms with E-state index >= 15 is 0 Å². The van der Waals surface area contributed by atoms with Crippen molar-refractivity contribution in [2.45, 2.75) is 31.8 Å². The molecule has 0 saturated carbocycles. The number of amides is 2. The van der Waals surface area contributed by atoms with Gasteiger partial charge in [0, 0.05) is 24.6 Å². The van der Waals surface area contributed by atoms with E-state index in [1.165, 1.54) is 16.2 Å². The van der Waals surface area contributed by atoms with E-state index < -0.39 is 0 Å². The lowest BCUT2D eigenvalue weighted by molar-refractivity contribution is -0.139. The van der Waals surface area contributed by atoms with E-state index in [1.807, 2.05) is 17.5 Å². The van der Waals surface area contributed by atoms with Crippen LogP contribution in [0.25, 0.3) is 5.57 Å². The first kappa shape index (κ1) is 14.9. The Labute approximate surface area is 139 Å². The van der Waals surface area contributed by atoms with Gasteiger partial charge in [-0.2, -0.15) is 0 Å². The summed E-state index contributed by atoms with van der Waals surface area (Å²) in [6.45, 7) is 2.82. The zero-order valence-electron chi connectivity index (χ0n) is 13.0. The van der Waals surface area contributed by atoms with E-state index in [4.69, 9.17) is 4.74 Å². The topological polar surface area (TPSA) is 49.9 Å². The van der Waals surface area contributed by atoms with Crippen molar-refractivity contribution in [2.75, 3.05) is 26.2 Å². The molecule has 0 spiro atoms. The average molecular weight is 332 g/mol. The van der Waals surface area contributed by atoms with Gasteiger partial charge in [0.1, 0.15) is 5.70 Å². The number of ether oxygens (including phenoxy) is 1. The molecule has 0 bridgehead atoms. The summed E-state index contributed by atoms with van der Waals surface area (Å²) < 4.78 is 5.62. The lowest BCUT2D eigenvalue weighted by Crippen LogP contribution is -2.39. The third-order valence-corrected chi connectivity index (χ3v) is 5.63. The monoisotopic (exact) mass is 332 g/mol. The van der Waals surface area contributed by atoms with Gasteiger partial charge in [-0.25, -0.2) is 0 Å². The standard InChI is InChI=1S/C17H20N2O3S/c20-16-14(13-6-4-10-23-13)15(18-7-1-2-8-18)17(21)19(16)11-12-5-3-9-22-12/h4,6,10,12H,1-3,5,7-9,11H2. The molecule has 2 amide bonds. The van der Waals surface area contributed by atoms with Gasteiger partial charge < -0.3 is 9.64 Å². The molecule has 0 N–H and O–H groups in total. The van der Waals surface area contributed by atoms with Crippen LogP contribution < -0.4 is 0 Å². The summed E-state index contributed by atoms with van der Waals surface area (Å²) in [7, 11) is 0. The van der Waals surface area contributed by atoms with Crippen molar-refractivity contribution in [1.82, 2.24) is 9.80 Å². The Balaban J connectivity index is 1.67. The largest absolute Gasteiger partial charge is 0.376 e. The lowest BCUT2D eigenvalue weighted by atomic mass is 10.2. The van der Waals surface area contributed by atoms with Crippen LogP contribution in [0, 0.1) is 0 Å². The van der Waals surface area contributed by atoms with Gasteiger partial charge >= 0.3 is 0 Å². The molecule has 4 rings (SSSR count). The fourth-order valence-electron chi connectivity index (χ4n) is 3.60. The molecule has 4 heterocycles. The van der Waals surface area contributed by atoms with Gasteiger partial charge in [-0.3, -0.25) is 14.5 Å². The molecule has 1 aromatic rings. The SMILES string of the molecule is O=C1C(c2cccs2)=C(N2CCCC2)C(=O)N1CC1CCCO1. The molecule has 2 fully saturated rings. The Bertz CT molecular complexity index is 641. The Morgan fingerprint density at radius 3 is 2.65 bits per heavy atom. The van der Waals surface area contributed by atoms with Crippen LogP contribution in [-0.2, 0) is 14.3 Å². The van der Waals surface area contributed by atoms with Gasteiger partial charge in [-0.1, -0.05) is 6.07 Å². The summed E-state index contributed by atoms with van der Waals surface area (Å²) in [5.41, 5.74) is 1.19. The third kappa shape index (κ3) is 2.60. The van der Waals surface area contributed by atoms with Gasteiger partial charge in [0.25, 0.3) is 11.8 Å². The van der Waals surface area contributed by atoms with E-state index in [2.05, 4.69) is 4.90 Å². The van der Waals surface area contributed by atoms with E-state index in [1.54, 1.807) is 0 Å². The fourth-order valence-corrected chi connectivity index (χ4v) is 4.36. The number of rotatable bonds is 4. The summed E-state index contributed by atoms with van der Waals surface area (Å²) >= 11 is 1.52. The van der Waals surface area contributed by atoms with Crippen LogP contribution in [0.15, 0.2) is 23.2 Å². The maximum absolute atomic E-state index is 13.0. The molecule has 1 atom stereocenters. The number of imide groups is 1. The molecule has 23 heavy (non-hydrogen) atoms. The van der Waals surface area contributed by atoms with E-state index in [0.717, 1.165) is 50.3 Å². The Morgan fingerprint density at radius 1 is 1.17 bits per heavy atom. The molecule has 0 aliphatic carbocycles. The number of carbonyl (C=O) groups is 2. The van der Waals surface area contributed by atoms with Crippen molar-refractivity contribution in [3.63, 3.8) is 0 Å². The van der Waals surface area contributed by atoms with Crippen LogP contribution in [0.3, 0.4) is 0 Å². The number of carbonyl (C=O) groups excluding carboxylic acids is 2. The number of nitrogens with zero attached hydrogens (tertiary/aromatic N) is 2. The molecule has 6 heteroatoms. The van der Waals surface area contributed by atoms with Crippen LogP contribution in [0.5, 0.6) is 0 Å². The van der Waals surface area contributed by atoms with E-state index in [9.17, 15) is 9.59 Å². The Hall–Kier alpha value is -1.66. The molecule has 2 saturated heterocycles. The second kappa shape index (κ2) is 6.09. The smallest absolute Gasteiger partial charge is 0.277 e. The first-order chi connectivity index (χ1) is 11.3. The summed E-state index contributed by atoms with van der Waals surface area (Å²) in [6.07, 6.45) is 4.07. The highest BCUT2D eigenvalue weighted by Crippen LogP contribution is 2.35.